The van der Waals surface area contributed by atoms with Crippen LogP contribution in [0.5, 0.6) is 0 Å². The van der Waals surface area contributed by atoms with Crippen molar-refractivity contribution >= 4 is 0 Å². The summed E-state index contributed by atoms with van der Waals surface area (Å²) in [5.41, 5.74) is 5.98. The van der Waals surface area contributed by atoms with Gasteiger partial charge in [-0.25, -0.2) is 5.43 Å². The van der Waals surface area contributed by atoms with Crippen LogP contribution in [0.4, 0.5) is 0 Å². The van der Waals surface area contributed by atoms with Crippen LogP contribution in [0.1, 0.15) is 6.92 Å². The Morgan fingerprint density at radius 1 is 1.50 bits per heavy atom. The van der Waals surface area contributed by atoms with Gasteiger partial charge in [0.2, 0.25) is 0 Å². The van der Waals surface area contributed by atoms with E-state index in [1.165, 1.54) is 0 Å². The number of nitrogens with one attached hydrogen (secondary N) is 2. The number of rotatable bonds is 0. The molecule has 0 radical (unpaired) electrons. The normalized spacial score (nSPS) is 27.9. The minimum atomic E-state index is 0.491. The first-order valence-electron chi connectivity index (χ1n) is 2.83. The SMILES string of the molecule is CC1C#CCNNC1. The first-order valence-corrected chi connectivity index (χ1v) is 2.83. The van der Waals surface area contributed by atoms with Crippen molar-refractivity contribution in [2.45, 2.75) is 6.92 Å². The molecule has 0 aromatic rings. The molecule has 1 aliphatic rings. The lowest BCUT2D eigenvalue weighted by Gasteiger charge is -2.01. The molecule has 0 saturated carbocycles. The van der Waals surface area contributed by atoms with Crippen molar-refractivity contribution in [2.24, 2.45) is 5.92 Å². The van der Waals surface area contributed by atoms with Gasteiger partial charge in [-0.15, -0.1) is 0 Å². The van der Waals surface area contributed by atoms with Crippen LogP contribution in [0.3, 0.4) is 0 Å². The molecular weight excluding hydrogens is 100 g/mol. The molecule has 0 amide bonds. The second-order valence-electron chi connectivity index (χ2n) is 1.96. The lowest BCUT2D eigenvalue weighted by atomic mass is 10.2. The molecule has 2 heteroatoms. The van der Waals surface area contributed by atoms with Crippen LogP contribution >= 0.6 is 0 Å². The number of hydrazine groups is 1. The van der Waals surface area contributed by atoms with Crippen LogP contribution < -0.4 is 10.9 Å². The van der Waals surface area contributed by atoms with E-state index in [2.05, 4.69) is 29.6 Å². The molecule has 1 unspecified atom stereocenters. The van der Waals surface area contributed by atoms with Crippen LogP contribution in [0.2, 0.25) is 0 Å². The van der Waals surface area contributed by atoms with E-state index in [9.17, 15) is 0 Å². The van der Waals surface area contributed by atoms with E-state index in [4.69, 9.17) is 0 Å². The van der Waals surface area contributed by atoms with Gasteiger partial charge in [0.25, 0.3) is 0 Å². The molecule has 1 rings (SSSR count). The summed E-state index contributed by atoms with van der Waals surface area (Å²) in [5, 5.41) is 0. The van der Waals surface area contributed by atoms with Gasteiger partial charge in [0.1, 0.15) is 0 Å². The molecule has 44 valence electrons. The molecule has 2 nitrogen and oxygen atoms in total. The fraction of sp³-hybridized carbons (Fsp3) is 0.667. The standard InChI is InChI=1S/C6H10N2/c1-6-3-2-4-7-8-5-6/h6-8H,4-5H2,1H3. The van der Waals surface area contributed by atoms with Crippen molar-refractivity contribution in [3.63, 3.8) is 0 Å². The largest absolute Gasteiger partial charge is 0.256 e. The highest BCUT2D eigenvalue weighted by atomic mass is 15.3. The lowest BCUT2D eigenvalue weighted by Crippen LogP contribution is -2.33. The third-order valence-electron chi connectivity index (χ3n) is 1.06. The zero-order chi connectivity index (χ0) is 5.82. The zero-order valence-electron chi connectivity index (χ0n) is 4.99. The monoisotopic (exact) mass is 110 g/mol. The Morgan fingerprint density at radius 3 is 3.25 bits per heavy atom. The predicted octanol–water partition coefficient (Wildman–Crippen LogP) is -0.266. The van der Waals surface area contributed by atoms with Crippen molar-refractivity contribution in [3.8, 4) is 11.8 Å². The van der Waals surface area contributed by atoms with Gasteiger partial charge < -0.3 is 0 Å². The van der Waals surface area contributed by atoms with Gasteiger partial charge in [0, 0.05) is 12.5 Å². The zero-order valence-corrected chi connectivity index (χ0v) is 4.99. The van der Waals surface area contributed by atoms with Gasteiger partial charge >= 0.3 is 0 Å². The van der Waals surface area contributed by atoms with E-state index < -0.39 is 0 Å². The van der Waals surface area contributed by atoms with E-state index in [0.717, 1.165) is 13.1 Å². The highest BCUT2D eigenvalue weighted by Gasteiger charge is 1.96. The first-order chi connectivity index (χ1) is 3.89. The Kier molecular flexibility index (Phi) is 1.90. The molecule has 8 heavy (non-hydrogen) atoms. The predicted molar refractivity (Wildman–Crippen MR) is 32.9 cm³/mol. The molecule has 1 aliphatic heterocycles. The fourth-order valence-corrected chi connectivity index (χ4v) is 0.608. The smallest absolute Gasteiger partial charge is 0.0712 e. The van der Waals surface area contributed by atoms with E-state index in [1.54, 1.807) is 0 Å². The van der Waals surface area contributed by atoms with Crippen molar-refractivity contribution < 1.29 is 0 Å². The summed E-state index contributed by atoms with van der Waals surface area (Å²) < 4.78 is 0. The van der Waals surface area contributed by atoms with Crippen molar-refractivity contribution in [3.05, 3.63) is 0 Å². The fourth-order valence-electron chi connectivity index (χ4n) is 0.608. The van der Waals surface area contributed by atoms with E-state index in [1.807, 2.05) is 0 Å². The molecule has 2 N–H and O–H groups in total. The van der Waals surface area contributed by atoms with Gasteiger partial charge in [0.15, 0.2) is 0 Å². The Labute approximate surface area is 49.6 Å². The molecule has 0 aromatic heterocycles. The summed E-state index contributed by atoms with van der Waals surface area (Å²) in [7, 11) is 0. The maximum absolute atomic E-state index is 3.07. The van der Waals surface area contributed by atoms with Crippen LogP contribution in [-0.2, 0) is 0 Å². The molecule has 0 bridgehead atoms. The van der Waals surface area contributed by atoms with Gasteiger partial charge in [0.05, 0.1) is 6.54 Å². The Bertz CT molecular complexity index is 120. The van der Waals surface area contributed by atoms with E-state index >= 15 is 0 Å². The summed E-state index contributed by atoms with van der Waals surface area (Å²) >= 11 is 0. The summed E-state index contributed by atoms with van der Waals surface area (Å²) in [4.78, 5) is 0. The first kappa shape index (κ1) is 5.61. The quantitative estimate of drug-likeness (QED) is 0.420. The van der Waals surface area contributed by atoms with E-state index in [-0.39, 0.29) is 0 Å². The van der Waals surface area contributed by atoms with Crippen LogP contribution in [0.25, 0.3) is 0 Å². The van der Waals surface area contributed by atoms with Crippen LogP contribution in [0.15, 0.2) is 0 Å². The molecule has 0 aliphatic carbocycles. The second-order valence-corrected chi connectivity index (χ2v) is 1.96. The maximum Gasteiger partial charge on any atom is 0.0712 e. The number of hydrogen-bond acceptors (Lipinski definition) is 2. The van der Waals surface area contributed by atoms with Crippen molar-refractivity contribution in [2.75, 3.05) is 13.1 Å². The summed E-state index contributed by atoms with van der Waals surface area (Å²) in [5.74, 6) is 6.53. The van der Waals surface area contributed by atoms with Crippen molar-refractivity contribution in [1.29, 1.82) is 0 Å². The number of hydrogen-bond donors (Lipinski definition) is 2. The van der Waals surface area contributed by atoms with Gasteiger partial charge in [-0.1, -0.05) is 18.8 Å². The molecule has 1 heterocycles. The maximum atomic E-state index is 3.07. The summed E-state index contributed by atoms with van der Waals surface area (Å²) in [6, 6.07) is 0. The third-order valence-corrected chi connectivity index (χ3v) is 1.06. The minimum Gasteiger partial charge on any atom is -0.256 e. The van der Waals surface area contributed by atoms with Gasteiger partial charge in [-0.05, 0) is 0 Å². The van der Waals surface area contributed by atoms with E-state index in [0.29, 0.717) is 5.92 Å². The topological polar surface area (TPSA) is 24.1 Å². The van der Waals surface area contributed by atoms with Gasteiger partial charge in [-0.3, -0.25) is 5.43 Å². The average Bonchev–Trinajstić information content (AvgIpc) is 1.94. The molecule has 1 atom stereocenters. The highest BCUT2D eigenvalue weighted by molar-refractivity contribution is 5.05. The molecule has 0 fully saturated rings. The third kappa shape index (κ3) is 1.53. The molecule has 0 saturated heterocycles. The molecule has 0 aromatic carbocycles. The molecular formula is C6H10N2. The van der Waals surface area contributed by atoms with Gasteiger partial charge in [-0.2, -0.15) is 0 Å². The highest BCUT2D eigenvalue weighted by Crippen LogP contribution is 1.88. The lowest BCUT2D eigenvalue weighted by molar-refractivity contribution is 0.536. The second kappa shape index (κ2) is 2.71. The summed E-state index contributed by atoms with van der Waals surface area (Å²) in [6.07, 6.45) is 0. The minimum absolute atomic E-state index is 0.491. The van der Waals surface area contributed by atoms with Crippen molar-refractivity contribution in [1.82, 2.24) is 10.9 Å². The van der Waals surface area contributed by atoms with Crippen LogP contribution in [0, 0.1) is 17.8 Å². The Morgan fingerprint density at radius 2 is 2.38 bits per heavy atom. The Balaban J connectivity index is 2.39. The Hall–Kier alpha value is -0.520. The average molecular weight is 110 g/mol. The summed E-state index contributed by atoms with van der Waals surface area (Å²) in [6.45, 7) is 3.82. The molecule has 0 spiro atoms. The van der Waals surface area contributed by atoms with Crippen LogP contribution in [-0.4, -0.2) is 13.1 Å².